The van der Waals surface area contributed by atoms with Crippen molar-refractivity contribution in [1.82, 2.24) is 15.3 Å². The topological polar surface area (TPSA) is 74.8 Å². The van der Waals surface area contributed by atoms with Crippen LogP contribution in [-0.2, 0) is 17.0 Å². The van der Waals surface area contributed by atoms with Crippen molar-refractivity contribution >= 4 is 17.7 Å². The van der Waals surface area contributed by atoms with Crippen molar-refractivity contribution in [3.63, 3.8) is 0 Å². The summed E-state index contributed by atoms with van der Waals surface area (Å²) in [7, 11) is 0. The zero-order valence-corrected chi connectivity index (χ0v) is 16.2. The third-order valence-electron chi connectivity index (χ3n) is 4.49. The molecule has 2 aromatic rings. The average Bonchev–Trinajstić information content (AvgIpc) is 2.68. The number of nitrogens with zero attached hydrogens (tertiary/aromatic N) is 1. The van der Waals surface area contributed by atoms with Crippen LogP contribution >= 0.6 is 11.8 Å². The van der Waals surface area contributed by atoms with E-state index in [0.717, 1.165) is 24.8 Å². The van der Waals surface area contributed by atoms with Crippen LogP contribution in [0.5, 0.6) is 0 Å². The first-order valence-electron chi connectivity index (χ1n) is 9.40. The minimum atomic E-state index is -0.226. The third-order valence-corrected chi connectivity index (χ3v) is 5.43. The normalized spacial score (nSPS) is 13.9. The molecule has 0 unspecified atom stereocenters. The van der Waals surface area contributed by atoms with Crippen molar-refractivity contribution in [1.29, 1.82) is 0 Å². The van der Waals surface area contributed by atoms with Gasteiger partial charge in [-0.25, -0.2) is 4.98 Å². The molecule has 0 saturated carbocycles. The Bertz CT molecular complexity index is 846. The van der Waals surface area contributed by atoms with Crippen LogP contribution in [0, 0.1) is 0 Å². The maximum Gasteiger partial charge on any atom is 0.251 e. The maximum absolute atomic E-state index is 12.2. The molecule has 0 aliphatic heterocycles. The highest BCUT2D eigenvalue weighted by Crippen LogP contribution is 2.20. The van der Waals surface area contributed by atoms with Crippen LogP contribution in [0.3, 0.4) is 0 Å². The van der Waals surface area contributed by atoms with Gasteiger partial charge in [-0.05, 0) is 37.7 Å². The zero-order valence-electron chi connectivity index (χ0n) is 15.4. The standard InChI is InChI=1S/C21H25N3O2S/c25-19(22-12-11-16-7-3-1-4-8-16)13-18-14-20(26)24-21(23-18)27-15-17-9-5-2-6-10-17/h2,5-7,9-10,14H,1,3-4,8,11-13,15H2,(H,22,25)(H,23,24,26). The number of amides is 1. The number of allylic oxidation sites excluding steroid dienone is 1. The smallest absolute Gasteiger partial charge is 0.251 e. The molecule has 0 radical (unpaired) electrons. The molecule has 1 aromatic heterocycles. The van der Waals surface area contributed by atoms with Crippen molar-refractivity contribution in [2.45, 2.75) is 49.4 Å². The van der Waals surface area contributed by atoms with Gasteiger partial charge in [-0.2, -0.15) is 0 Å². The molecule has 0 spiro atoms. The Morgan fingerprint density at radius 2 is 2.07 bits per heavy atom. The summed E-state index contributed by atoms with van der Waals surface area (Å²) in [6.45, 7) is 0.642. The van der Waals surface area contributed by atoms with Crippen molar-refractivity contribution in [2.24, 2.45) is 0 Å². The molecule has 5 nitrogen and oxygen atoms in total. The number of thioether (sulfide) groups is 1. The number of rotatable bonds is 8. The first-order valence-corrected chi connectivity index (χ1v) is 10.4. The number of carbonyl (C=O) groups is 1. The Labute approximate surface area is 163 Å². The van der Waals surface area contributed by atoms with Crippen LogP contribution in [0.15, 0.2) is 58.0 Å². The fraction of sp³-hybridized carbons (Fsp3) is 0.381. The third kappa shape index (κ3) is 6.71. The molecule has 2 N–H and O–H groups in total. The quantitative estimate of drug-likeness (QED) is 0.415. The Balaban J connectivity index is 1.50. The fourth-order valence-corrected chi connectivity index (χ4v) is 3.94. The van der Waals surface area contributed by atoms with Gasteiger partial charge in [0.1, 0.15) is 0 Å². The van der Waals surface area contributed by atoms with Gasteiger partial charge in [-0.15, -0.1) is 0 Å². The average molecular weight is 384 g/mol. The molecule has 142 valence electrons. The van der Waals surface area contributed by atoms with E-state index in [-0.39, 0.29) is 17.9 Å². The second-order valence-electron chi connectivity index (χ2n) is 6.70. The molecule has 1 heterocycles. The molecule has 6 heteroatoms. The molecule has 0 bridgehead atoms. The number of aromatic nitrogens is 2. The minimum absolute atomic E-state index is 0.0940. The van der Waals surface area contributed by atoms with E-state index in [2.05, 4.69) is 21.4 Å². The predicted octanol–water partition coefficient (Wildman–Crippen LogP) is 3.61. The van der Waals surface area contributed by atoms with Gasteiger partial charge in [-0.3, -0.25) is 9.59 Å². The van der Waals surface area contributed by atoms with Crippen LogP contribution in [0.4, 0.5) is 0 Å². The number of hydrogen-bond donors (Lipinski definition) is 2. The van der Waals surface area contributed by atoms with E-state index >= 15 is 0 Å². The first kappa shape index (κ1) is 19.4. The van der Waals surface area contributed by atoms with Crippen molar-refractivity contribution < 1.29 is 4.79 Å². The summed E-state index contributed by atoms with van der Waals surface area (Å²) >= 11 is 1.46. The van der Waals surface area contributed by atoms with Crippen LogP contribution in [0.2, 0.25) is 0 Å². The van der Waals surface area contributed by atoms with E-state index in [1.807, 2.05) is 30.3 Å². The van der Waals surface area contributed by atoms with Gasteiger partial charge in [0.2, 0.25) is 5.91 Å². The van der Waals surface area contributed by atoms with Crippen LogP contribution in [-0.4, -0.2) is 22.4 Å². The predicted molar refractivity (Wildman–Crippen MR) is 109 cm³/mol. The highest BCUT2D eigenvalue weighted by molar-refractivity contribution is 7.98. The van der Waals surface area contributed by atoms with Crippen LogP contribution < -0.4 is 10.9 Å². The molecule has 3 rings (SSSR count). The van der Waals surface area contributed by atoms with Crippen molar-refractivity contribution in [3.8, 4) is 0 Å². The van der Waals surface area contributed by atoms with Gasteiger partial charge in [-0.1, -0.05) is 53.7 Å². The summed E-state index contributed by atoms with van der Waals surface area (Å²) in [5.74, 6) is 0.623. The van der Waals surface area contributed by atoms with Crippen molar-refractivity contribution in [2.75, 3.05) is 6.54 Å². The highest BCUT2D eigenvalue weighted by atomic mass is 32.2. The number of hydrogen-bond acceptors (Lipinski definition) is 4. The second kappa shape index (κ2) is 10.1. The summed E-state index contributed by atoms with van der Waals surface area (Å²) in [5, 5.41) is 3.48. The molecular formula is C21H25N3O2S. The zero-order chi connectivity index (χ0) is 18.9. The highest BCUT2D eigenvalue weighted by Gasteiger charge is 2.09. The lowest BCUT2D eigenvalue weighted by Gasteiger charge is -2.12. The van der Waals surface area contributed by atoms with Crippen LogP contribution in [0.25, 0.3) is 0 Å². The Kier molecular flexibility index (Phi) is 7.27. The van der Waals surface area contributed by atoms with E-state index in [4.69, 9.17) is 0 Å². The lowest BCUT2D eigenvalue weighted by molar-refractivity contribution is -0.120. The van der Waals surface area contributed by atoms with E-state index in [9.17, 15) is 9.59 Å². The molecule has 1 aliphatic rings. The van der Waals surface area contributed by atoms with Gasteiger partial charge in [0, 0.05) is 18.4 Å². The van der Waals surface area contributed by atoms with Gasteiger partial charge >= 0.3 is 0 Å². The van der Waals surface area contributed by atoms with Gasteiger partial charge in [0.15, 0.2) is 5.16 Å². The molecule has 1 amide bonds. The molecular weight excluding hydrogens is 358 g/mol. The molecule has 1 aliphatic carbocycles. The van der Waals surface area contributed by atoms with Gasteiger partial charge < -0.3 is 10.3 Å². The maximum atomic E-state index is 12.2. The molecule has 27 heavy (non-hydrogen) atoms. The molecule has 1 aromatic carbocycles. The van der Waals surface area contributed by atoms with Gasteiger partial charge in [0.05, 0.1) is 12.1 Å². The van der Waals surface area contributed by atoms with E-state index in [0.29, 0.717) is 23.1 Å². The molecule has 0 saturated heterocycles. The fourth-order valence-electron chi connectivity index (χ4n) is 3.09. The Morgan fingerprint density at radius 3 is 2.85 bits per heavy atom. The largest absolute Gasteiger partial charge is 0.355 e. The second-order valence-corrected chi connectivity index (χ2v) is 7.67. The van der Waals surface area contributed by atoms with Gasteiger partial charge in [0.25, 0.3) is 5.56 Å². The summed E-state index contributed by atoms with van der Waals surface area (Å²) in [6, 6.07) is 11.4. The van der Waals surface area contributed by atoms with Crippen molar-refractivity contribution in [3.05, 3.63) is 69.7 Å². The summed E-state index contributed by atoms with van der Waals surface area (Å²) in [4.78, 5) is 31.2. The number of carbonyl (C=O) groups excluding carboxylic acids is 1. The Hall–Kier alpha value is -2.34. The van der Waals surface area contributed by atoms with E-state index in [1.165, 1.54) is 36.2 Å². The minimum Gasteiger partial charge on any atom is -0.355 e. The summed E-state index contributed by atoms with van der Waals surface area (Å²) in [6.07, 6.45) is 8.16. The van der Waals surface area contributed by atoms with Crippen LogP contribution in [0.1, 0.15) is 43.4 Å². The first-order chi connectivity index (χ1) is 13.2. The number of benzene rings is 1. The SMILES string of the molecule is O=C(Cc1cc(=O)[nH]c(SCc2ccccc2)n1)NCCC1=CCCCC1. The summed E-state index contributed by atoms with van der Waals surface area (Å²) in [5.41, 5.74) is 2.88. The lowest BCUT2D eigenvalue weighted by Crippen LogP contribution is -2.27. The van der Waals surface area contributed by atoms with E-state index < -0.39 is 0 Å². The molecule has 0 fully saturated rings. The number of H-pyrrole nitrogens is 1. The summed E-state index contributed by atoms with van der Waals surface area (Å²) < 4.78 is 0. The lowest BCUT2D eigenvalue weighted by atomic mass is 9.97. The Morgan fingerprint density at radius 1 is 1.22 bits per heavy atom. The molecule has 0 atom stereocenters. The number of aromatic amines is 1. The van der Waals surface area contributed by atoms with E-state index in [1.54, 1.807) is 0 Å². The monoisotopic (exact) mass is 383 g/mol. The number of nitrogens with one attached hydrogen (secondary N) is 2.